The Labute approximate surface area is 61.1 Å². The summed E-state index contributed by atoms with van der Waals surface area (Å²) in [7, 11) is 0. The normalized spacial score (nSPS) is 12.0. The van der Waals surface area contributed by atoms with Gasteiger partial charge in [-0.25, -0.2) is 0 Å². The Morgan fingerprint density at radius 1 is 1.22 bits per heavy atom. The Balaban J connectivity index is 3.43. The molecule has 0 aromatic heterocycles. The average Bonchev–Trinajstić information content (AvgIpc) is 1.64. The second-order valence-corrected chi connectivity index (χ2v) is 2.39. The van der Waals surface area contributed by atoms with Gasteiger partial charge in [-0.1, -0.05) is 11.6 Å². The molecule has 0 fully saturated rings. The number of ether oxygens (including phenoxy) is 2. The molecule has 9 heavy (non-hydrogen) atoms. The summed E-state index contributed by atoms with van der Waals surface area (Å²) in [6, 6.07) is 0. The lowest BCUT2D eigenvalue weighted by atomic mass is 10.7. The van der Waals surface area contributed by atoms with Gasteiger partial charge >= 0.3 is 0 Å². The largest absolute Gasteiger partial charge is 0.338 e. The van der Waals surface area contributed by atoms with E-state index in [1.54, 1.807) is 6.92 Å². The Hall–Kier alpha value is 0.210. The molecule has 2 nitrogen and oxygen atoms in total. The van der Waals surface area contributed by atoms with E-state index in [2.05, 4.69) is 0 Å². The van der Waals surface area contributed by atoms with Crippen LogP contribution in [-0.4, -0.2) is 18.5 Å². The van der Waals surface area contributed by atoms with Crippen LogP contribution in [0.25, 0.3) is 0 Å². The molecule has 0 aromatic carbocycles. The van der Waals surface area contributed by atoms with Crippen LogP contribution in [-0.2, 0) is 9.47 Å². The molecule has 0 spiro atoms. The minimum Gasteiger partial charge on any atom is -0.338 e. The van der Waals surface area contributed by atoms with Crippen LogP contribution in [0.15, 0.2) is 0 Å². The lowest BCUT2D eigenvalue weighted by Gasteiger charge is -2.20. The van der Waals surface area contributed by atoms with Gasteiger partial charge in [-0.2, -0.15) is 0 Å². The van der Waals surface area contributed by atoms with E-state index in [1.807, 2.05) is 13.8 Å². The minimum atomic E-state index is -0.927. The molecule has 0 radical (unpaired) electrons. The van der Waals surface area contributed by atoms with Gasteiger partial charge in [0.25, 0.3) is 0 Å². The number of hydrogen-bond donors (Lipinski definition) is 0. The van der Waals surface area contributed by atoms with E-state index in [4.69, 9.17) is 21.1 Å². The third-order valence-corrected chi connectivity index (χ3v) is 1.02. The molecule has 0 atom stereocenters. The highest BCUT2D eigenvalue weighted by Crippen LogP contribution is 2.16. The molecular formula is C6H13ClO2. The van der Waals surface area contributed by atoms with E-state index in [9.17, 15) is 0 Å². The van der Waals surface area contributed by atoms with Gasteiger partial charge in [0.15, 0.2) is 0 Å². The molecule has 3 heteroatoms. The Morgan fingerprint density at radius 3 is 1.78 bits per heavy atom. The summed E-state index contributed by atoms with van der Waals surface area (Å²) >= 11 is 5.69. The van der Waals surface area contributed by atoms with Gasteiger partial charge in [0.2, 0.25) is 5.25 Å². The lowest BCUT2D eigenvalue weighted by molar-refractivity contribution is -0.159. The van der Waals surface area contributed by atoms with Gasteiger partial charge in [-0.3, -0.25) is 0 Å². The maximum Gasteiger partial charge on any atom is 0.245 e. The second-order valence-electron chi connectivity index (χ2n) is 1.70. The van der Waals surface area contributed by atoms with Gasteiger partial charge in [-0.15, -0.1) is 0 Å². The molecule has 0 aliphatic rings. The Kier molecular flexibility index (Phi) is 4.19. The molecule has 0 aromatic rings. The fraction of sp³-hybridized carbons (Fsp3) is 1.00. The first-order chi connectivity index (χ1) is 4.12. The van der Waals surface area contributed by atoms with E-state index in [0.717, 1.165) is 0 Å². The van der Waals surface area contributed by atoms with E-state index < -0.39 is 5.25 Å². The summed E-state index contributed by atoms with van der Waals surface area (Å²) in [5.41, 5.74) is 0. The van der Waals surface area contributed by atoms with Crippen LogP contribution in [0.3, 0.4) is 0 Å². The molecule has 56 valence electrons. The van der Waals surface area contributed by atoms with Gasteiger partial charge in [0, 0.05) is 20.1 Å². The van der Waals surface area contributed by atoms with E-state index in [0.29, 0.717) is 13.2 Å². The summed E-state index contributed by atoms with van der Waals surface area (Å²) < 4.78 is 10.0. The van der Waals surface area contributed by atoms with Gasteiger partial charge < -0.3 is 9.47 Å². The van der Waals surface area contributed by atoms with Crippen molar-refractivity contribution < 1.29 is 9.47 Å². The third kappa shape index (κ3) is 4.70. The van der Waals surface area contributed by atoms with Crippen LogP contribution in [0, 0.1) is 0 Å². The fourth-order valence-corrected chi connectivity index (χ4v) is 0.776. The molecule has 0 aliphatic carbocycles. The van der Waals surface area contributed by atoms with Crippen LogP contribution in [0.2, 0.25) is 0 Å². The van der Waals surface area contributed by atoms with Crippen molar-refractivity contribution in [1.82, 2.24) is 0 Å². The molecule has 0 rings (SSSR count). The van der Waals surface area contributed by atoms with Crippen molar-refractivity contribution in [3.63, 3.8) is 0 Å². The zero-order valence-electron chi connectivity index (χ0n) is 6.11. The second kappa shape index (κ2) is 4.09. The van der Waals surface area contributed by atoms with Crippen LogP contribution in [0.4, 0.5) is 0 Å². The van der Waals surface area contributed by atoms with Crippen molar-refractivity contribution in [1.29, 1.82) is 0 Å². The quantitative estimate of drug-likeness (QED) is 0.453. The summed E-state index contributed by atoms with van der Waals surface area (Å²) in [6.45, 7) is 6.57. The molecular weight excluding hydrogens is 140 g/mol. The minimum absolute atomic E-state index is 0.569. The molecule has 0 aliphatic heterocycles. The standard InChI is InChI=1S/C6H13ClO2/c1-4-8-6(3,7)9-5-2/h4-5H2,1-3H3. The molecule has 0 saturated heterocycles. The first-order valence-corrected chi connectivity index (χ1v) is 3.47. The smallest absolute Gasteiger partial charge is 0.245 e. The Bertz CT molecular complexity index is 65.5. The SMILES string of the molecule is CCOC(C)(Cl)OCC. The van der Waals surface area contributed by atoms with Gasteiger partial charge in [0.1, 0.15) is 0 Å². The van der Waals surface area contributed by atoms with Crippen LogP contribution >= 0.6 is 11.6 Å². The molecule has 0 heterocycles. The molecule has 0 bridgehead atoms. The highest BCUT2D eigenvalue weighted by Gasteiger charge is 2.19. The van der Waals surface area contributed by atoms with Crippen molar-refractivity contribution >= 4 is 11.6 Å². The number of alkyl halides is 1. The van der Waals surface area contributed by atoms with Crippen LogP contribution in [0.1, 0.15) is 20.8 Å². The maximum atomic E-state index is 5.69. The first-order valence-electron chi connectivity index (χ1n) is 3.09. The predicted molar refractivity (Wildman–Crippen MR) is 37.5 cm³/mol. The van der Waals surface area contributed by atoms with E-state index in [-0.39, 0.29) is 0 Å². The van der Waals surface area contributed by atoms with Gasteiger partial charge in [-0.05, 0) is 13.8 Å². The monoisotopic (exact) mass is 152 g/mol. The first kappa shape index (κ1) is 9.21. The molecule has 0 saturated carbocycles. The Morgan fingerprint density at radius 2 is 1.56 bits per heavy atom. The van der Waals surface area contributed by atoms with E-state index >= 15 is 0 Å². The molecule has 0 N–H and O–H groups in total. The summed E-state index contributed by atoms with van der Waals surface area (Å²) in [5.74, 6) is 0. The predicted octanol–water partition coefficient (Wildman–Crippen LogP) is 1.97. The fourth-order valence-electron chi connectivity index (χ4n) is 0.557. The highest BCUT2D eigenvalue weighted by atomic mass is 35.5. The molecule has 0 amide bonds. The number of rotatable bonds is 4. The van der Waals surface area contributed by atoms with Crippen molar-refractivity contribution in [3.8, 4) is 0 Å². The van der Waals surface area contributed by atoms with Gasteiger partial charge in [0.05, 0.1) is 0 Å². The summed E-state index contributed by atoms with van der Waals surface area (Å²) in [6.07, 6.45) is 0. The maximum absolute atomic E-state index is 5.69. The number of hydrogen-bond acceptors (Lipinski definition) is 2. The van der Waals surface area contributed by atoms with Crippen molar-refractivity contribution in [2.24, 2.45) is 0 Å². The topological polar surface area (TPSA) is 18.5 Å². The van der Waals surface area contributed by atoms with E-state index in [1.165, 1.54) is 0 Å². The number of halogens is 1. The lowest BCUT2D eigenvalue weighted by Crippen LogP contribution is -2.24. The zero-order chi connectivity index (χ0) is 7.33. The van der Waals surface area contributed by atoms with Crippen LogP contribution in [0.5, 0.6) is 0 Å². The van der Waals surface area contributed by atoms with Crippen molar-refractivity contribution in [2.75, 3.05) is 13.2 Å². The van der Waals surface area contributed by atoms with Crippen molar-refractivity contribution in [3.05, 3.63) is 0 Å². The van der Waals surface area contributed by atoms with Crippen molar-refractivity contribution in [2.45, 2.75) is 26.0 Å². The zero-order valence-corrected chi connectivity index (χ0v) is 6.86. The summed E-state index contributed by atoms with van der Waals surface area (Å²) in [4.78, 5) is 0. The average molecular weight is 153 g/mol. The summed E-state index contributed by atoms with van der Waals surface area (Å²) in [5, 5.41) is -0.927. The van der Waals surface area contributed by atoms with Crippen LogP contribution < -0.4 is 0 Å². The molecule has 0 unspecified atom stereocenters. The highest BCUT2D eigenvalue weighted by molar-refractivity contribution is 6.21. The third-order valence-electron chi connectivity index (χ3n) is 0.804.